The fourth-order valence-corrected chi connectivity index (χ4v) is 3.35. The van der Waals surface area contributed by atoms with Gasteiger partial charge in [-0.3, -0.25) is 0 Å². The average Bonchev–Trinajstić information content (AvgIpc) is 2.42. The van der Waals surface area contributed by atoms with Gasteiger partial charge < -0.3 is 25.9 Å². The molecule has 0 fully saturated rings. The molecule has 0 aromatic rings. The molecule has 0 aliphatic carbocycles. The second-order valence-corrected chi connectivity index (χ2v) is 16.2. The Morgan fingerprint density at radius 3 is 0.667 bits per heavy atom. The van der Waals surface area contributed by atoms with Crippen molar-refractivity contribution in [3.05, 3.63) is 64.0 Å². The molecule has 0 aromatic heterocycles. The predicted octanol–water partition coefficient (Wildman–Crippen LogP) is 0.474. The van der Waals surface area contributed by atoms with Gasteiger partial charge >= 0.3 is 127 Å². The third-order valence-electron chi connectivity index (χ3n) is 1.41. The molecule has 5 nitrogen and oxygen atoms in total. The Hall–Kier alpha value is 0.636. The van der Waals surface area contributed by atoms with E-state index < -0.39 is 52.1 Å². The Labute approximate surface area is 178 Å². The standard InChI is InChI=1S/2C2H6O2.6C2H3.H2O.3Sn.H/c2*1-2(3)4;6*1-2;;;;;/h2*2-4H,1H3;6*1H,2H2;1H2;;;;. The van der Waals surface area contributed by atoms with E-state index in [2.05, 4.69) is 39.5 Å². The summed E-state index contributed by atoms with van der Waals surface area (Å²) in [6.07, 6.45) is -2.33. The van der Waals surface area contributed by atoms with E-state index >= 15 is 0 Å². The van der Waals surface area contributed by atoms with Crippen molar-refractivity contribution < 1.29 is 25.9 Å². The molecule has 8 heteroatoms. The third-order valence-corrected chi connectivity index (χ3v) is 9.49. The molecule has 0 aromatic carbocycles. The summed E-state index contributed by atoms with van der Waals surface area (Å²) in [7, 11) is 0. The van der Waals surface area contributed by atoms with Crippen LogP contribution in [0.5, 0.6) is 0 Å². The topological polar surface area (TPSA) is 112 Å². The SMILES string of the molecule is C=[CH][Sn]([CH]=C)[CH]=C.C=[CH][Sn]([CH]=C)[CH]=C.CC(O)O.CC(O)O.O.[SnH]. The zero-order valence-electron chi connectivity index (χ0n) is 14.7. The van der Waals surface area contributed by atoms with E-state index in [1.54, 1.807) is 0 Å². The Bertz CT molecular complexity index is 235. The Kier molecular flexibility index (Phi) is 57.6. The summed E-state index contributed by atoms with van der Waals surface area (Å²) >= 11 is -2.72. The van der Waals surface area contributed by atoms with Gasteiger partial charge in [0.1, 0.15) is 12.6 Å². The Morgan fingerprint density at radius 1 is 0.583 bits per heavy atom. The van der Waals surface area contributed by atoms with Crippen LogP contribution in [-0.2, 0) is 0 Å². The zero-order chi connectivity index (χ0) is 18.6. The van der Waals surface area contributed by atoms with Crippen molar-refractivity contribution in [1.29, 1.82) is 0 Å². The first kappa shape index (κ1) is 39.6. The van der Waals surface area contributed by atoms with Gasteiger partial charge in [0.25, 0.3) is 0 Å². The van der Waals surface area contributed by atoms with Crippen LogP contribution in [-0.4, -0.2) is 102 Å². The maximum atomic E-state index is 7.61. The van der Waals surface area contributed by atoms with Crippen LogP contribution in [0.2, 0.25) is 0 Å². The van der Waals surface area contributed by atoms with Crippen molar-refractivity contribution >= 4 is 63.4 Å². The first-order valence-electron chi connectivity index (χ1n) is 6.37. The van der Waals surface area contributed by atoms with Gasteiger partial charge in [-0.05, 0) is 13.8 Å². The molecule has 0 atom stereocenters. The fourth-order valence-electron chi connectivity index (χ4n) is 0.500. The molecule has 0 saturated carbocycles. The number of hydrogen-bond acceptors (Lipinski definition) is 4. The molecule has 0 saturated heterocycles. The van der Waals surface area contributed by atoms with Crippen LogP contribution in [0.3, 0.4) is 0 Å². The van der Waals surface area contributed by atoms with Gasteiger partial charge in [0, 0.05) is 0 Å². The predicted molar refractivity (Wildman–Crippen MR) is 111 cm³/mol. The summed E-state index contributed by atoms with van der Waals surface area (Å²) in [5, 5.41) is 30.4. The molecule has 6 N–H and O–H groups in total. The normalized spacial score (nSPS) is 7.75. The minimum atomic E-state index is -1.36. The van der Waals surface area contributed by atoms with Crippen LogP contribution in [0.1, 0.15) is 13.8 Å². The van der Waals surface area contributed by atoms with Crippen molar-refractivity contribution in [2.24, 2.45) is 0 Å². The van der Waals surface area contributed by atoms with E-state index in [0.29, 0.717) is 0 Å². The van der Waals surface area contributed by atoms with E-state index in [9.17, 15) is 0 Å². The summed E-state index contributed by atoms with van der Waals surface area (Å²) in [6, 6.07) is 0. The number of aliphatic hydroxyl groups is 4. The van der Waals surface area contributed by atoms with Crippen LogP contribution in [0.4, 0.5) is 0 Å². The van der Waals surface area contributed by atoms with Crippen molar-refractivity contribution in [3.8, 4) is 0 Å². The monoisotopic (exact) mass is 665 g/mol. The first-order valence-corrected chi connectivity index (χ1v) is 16.3. The Balaban J connectivity index is -0.0000000453. The molecule has 0 heterocycles. The molecule has 24 heavy (non-hydrogen) atoms. The van der Waals surface area contributed by atoms with E-state index in [4.69, 9.17) is 20.4 Å². The molecule has 0 aliphatic rings. The maximum absolute atomic E-state index is 7.61. The molecule has 139 valence electrons. The van der Waals surface area contributed by atoms with Gasteiger partial charge in [-0.1, -0.05) is 0 Å². The summed E-state index contributed by atoms with van der Waals surface area (Å²) in [4.78, 5) is 0. The first-order chi connectivity index (χ1) is 10.2. The summed E-state index contributed by atoms with van der Waals surface area (Å²) in [6.45, 7) is 24.4. The van der Waals surface area contributed by atoms with Gasteiger partial charge in [-0.25, -0.2) is 0 Å². The molecule has 5 radical (unpaired) electrons. The van der Waals surface area contributed by atoms with Crippen molar-refractivity contribution in [2.45, 2.75) is 26.4 Å². The van der Waals surface area contributed by atoms with E-state index in [1.807, 2.05) is 24.6 Å². The van der Waals surface area contributed by atoms with Gasteiger partial charge in [0.15, 0.2) is 0 Å². The molecule has 0 aliphatic heterocycles. The van der Waals surface area contributed by atoms with Crippen molar-refractivity contribution in [1.82, 2.24) is 0 Å². The molecular formula is C16H33O5Sn3. The van der Waals surface area contributed by atoms with Gasteiger partial charge in [-0.15, -0.1) is 0 Å². The quantitative estimate of drug-likeness (QED) is 0.245. The van der Waals surface area contributed by atoms with Crippen LogP contribution in [0, 0.1) is 0 Å². The van der Waals surface area contributed by atoms with Gasteiger partial charge in [0.05, 0.1) is 0 Å². The number of rotatable bonds is 6. The second kappa shape index (κ2) is 34.9. The number of aliphatic hydroxyl groups excluding tert-OH is 2. The molecule has 0 spiro atoms. The molecule has 0 bridgehead atoms. The summed E-state index contributed by atoms with van der Waals surface area (Å²) in [5.41, 5.74) is 0. The second-order valence-electron chi connectivity index (χ2n) is 3.49. The van der Waals surface area contributed by atoms with Gasteiger partial charge in [0.2, 0.25) is 0 Å². The molecule has 0 rings (SSSR count). The van der Waals surface area contributed by atoms with E-state index in [0.717, 1.165) is 0 Å². The van der Waals surface area contributed by atoms with E-state index in [-0.39, 0.29) is 29.4 Å². The Morgan fingerprint density at radius 2 is 0.667 bits per heavy atom. The van der Waals surface area contributed by atoms with Crippen molar-refractivity contribution in [2.75, 3.05) is 0 Å². The minimum absolute atomic E-state index is 0. The average molecular weight is 662 g/mol. The van der Waals surface area contributed by atoms with Crippen LogP contribution < -0.4 is 0 Å². The summed E-state index contributed by atoms with van der Waals surface area (Å²) in [5.74, 6) is 0. The van der Waals surface area contributed by atoms with Crippen molar-refractivity contribution in [3.63, 3.8) is 0 Å². The van der Waals surface area contributed by atoms with Gasteiger partial charge in [-0.2, -0.15) is 0 Å². The zero-order valence-corrected chi connectivity index (χ0v) is 23.7. The third kappa shape index (κ3) is 66.4. The molecular weight excluding hydrogens is 628 g/mol. The molecule has 0 amide bonds. The molecule has 0 unspecified atom stereocenters. The van der Waals surface area contributed by atoms with E-state index in [1.165, 1.54) is 13.8 Å². The number of hydrogen-bond donors (Lipinski definition) is 4. The fraction of sp³-hybridized carbons (Fsp3) is 0.250. The van der Waals surface area contributed by atoms with Crippen LogP contribution >= 0.6 is 0 Å². The van der Waals surface area contributed by atoms with Crippen LogP contribution in [0.25, 0.3) is 0 Å². The van der Waals surface area contributed by atoms with Crippen LogP contribution in [0.15, 0.2) is 64.0 Å². The summed E-state index contributed by atoms with van der Waals surface area (Å²) < 4.78 is 11.9.